The van der Waals surface area contributed by atoms with E-state index in [0.29, 0.717) is 0 Å². The summed E-state index contributed by atoms with van der Waals surface area (Å²) in [7, 11) is -6.40. The van der Waals surface area contributed by atoms with E-state index in [1.165, 1.54) is 25.7 Å². The molecule has 0 aliphatic heterocycles. The first kappa shape index (κ1) is 15.8. The lowest BCUT2D eigenvalue weighted by atomic mass is 10.2. The molecule has 2 N–H and O–H groups in total. The van der Waals surface area contributed by atoms with Gasteiger partial charge in [-0.15, -0.1) is 0 Å². The van der Waals surface area contributed by atoms with Gasteiger partial charge in [0.15, 0.2) is 0 Å². The molecule has 0 radical (unpaired) electrons. The van der Waals surface area contributed by atoms with Crippen LogP contribution in [-0.2, 0) is 13.4 Å². The average molecular weight is 232 g/mol. The molecule has 5 nitrogen and oxygen atoms in total. The molecule has 0 aromatic rings. The first-order valence-electron chi connectivity index (χ1n) is 4.18. The SMILES string of the molecule is CCCCCC.O=[PH](O)O[PH](=O)O. The third kappa shape index (κ3) is 24.5. The van der Waals surface area contributed by atoms with Crippen LogP contribution in [0.5, 0.6) is 0 Å². The van der Waals surface area contributed by atoms with Gasteiger partial charge in [0.1, 0.15) is 0 Å². The lowest BCUT2D eigenvalue weighted by Gasteiger charge is -1.86. The molecule has 13 heavy (non-hydrogen) atoms. The Balaban J connectivity index is 0. The lowest BCUT2D eigenvalue weighted by molar-refractivity contribution is 0.371. The van der Waals surface area contributed by atoms with Crippen molar-refractivity contribution in [2.45, 2.75) is 39.5 Å². The fourth-order valence-electron chi connectivity index (χ4n) is 0.575. The molecule has 0 aliphatic rings. The van der Waals surface area contributed by atoms with Gasteiger partial charge in [-0.3, -0.25) is 9.13 Å². The number of hydrogen-bond donors (Lipinski definition) is 2. The van der Waals surface area contributed by atoms with Crippen molar-refractivity contribution in [3.8, 4) is 0 Å². The zero-order valence-corrected chi connectivity index (χ0v) is 9.95. The summed E-state index contributed by atoms with van der Waals surface area (Å²) in [5.74, 6) is 0. The van der Waals surface area contributed by atoms with Crippen LogP contribution in [0.1, 0.15) is 39.5 Å². The minimum atomic E-state index is -3.20. The Bertz CT molecular complexity index is 134. The first-order chi connectivity index (χ1) is 6.04. The Hall–Kier alpha value is 0.340. The zero-order valence-electron chi connectivity index (χ0n) is 7.95. The summed E-state index contributed by atoms with van der Waals surface area (Å²) in [6.45, 7) is 4.46. The molecule has 0 bridgehead atoms. The molecule has 0 saturated heterocycles. The highest BCUT2D eigenvalue weighted by Crippen LogP contribution is 2.30. The third-order valence-corrected chi connectivity index (χ3v) is 2.53. The Labute approximate surface area is 80.0 Å². The smallest absolute Gasteiger partial charge is 0.323 e. The van der Waals surface area contributed by atoms with Gasteiger partial charge in [0.05, 0.1) is 0 Å². The van der Waals surface area contributed by atoms with Gasteiger partial charge in [-0.05, 0) is 0 Å². The summed E-state index contributed by atoms with van der Waals surface area (Å²) in [6.07, 6.45) is 5.54. The Kier molecular flexibility index (Phi) is 15.0. The van der Waals surface area contributed by atoms with Gasteiger partial charge in [-0.2, -0.15) is 0 Å². The van der Waals surface area contributed by atoms with E-state index in [1.54, 1.807) is 0 Å². The van der Waals surface area contributed by atoms with Crippen molar-refractivity contribution in [3.05, 3.63) is 0 Å². The van der Waals surface area contributed by atoms with Crippen LogP contribution in [0.3, 0.4) is 0 Å². The van der Waals surface area contributed by atoms with Crippen LogP contribution in [0.4, 0.5) is 0 Å². The van der Waals surface area contributed by atoms with Crippen LogP contribution in [-0.4, -0.2) is 9.79 Å². The molecule has 0 saturated carbocycles. The maximum Gasteiger partial charge on any atom is 0.323 e. The lowest BCUT2D eigenvalue weighted by Crippen LogP contribution is -1.66. The Morgan fingerprint density at radius 1 is 1.00 bits per heavy atom. The van der Waals surface area contributed by atoms with Crippen molar-refractivity contribution >= 4 is 16.5 Å². The topological polar surface area (TPSA) is 83.8 Å². The van der Waals surface area contributed by atoms with Crippen LogP contribution in [0, 0.1) is 0 Å². The molecule has 0 aromatic carbocycles. The normalized spacial score (nSPS) is 14.2. The van der Waals surface area contributed by atoms with Crippen LogP contribution in [0.25, 0.3) is 0 Å². The summed E-state index contributed by atoms with van der Waals surface area (Å²) in [4.78, 5) is 15.4. The molecule has 0 fully saturated rings. The van der Waals surface area contributed by atoms with Gasteiger partial charge in [-0.1, -0.05) is 39.5 Å². The van der Waals surface area contributed by atoms with Crippen molar-refractivity contribution in [1.29, 1.82) is 0 Å². The van der Waals surface area contributed by atoms with E-state index < -0.39 is 16.5 Å². The Morgan fingerprint density at radius 3 is 1.38 bits per heavy atom. The molecule has 0 amide bonds. The van der Waals surface area contributed by atoms with E-state index in [1.807, 2.05) is 0 Å². The highest BCUT2D eigenvalue weighted by Gasteiger charge is 1.93. The highest BCUT2D eigenvalue weighted by atomic mass is 31.2. The predicted molar refractivity (Wildman–Crippen MR) is 53.3 cm³/mol. The van der Waals surface area contributed by atoms with Crippen molar-refractivity contribution in [2.75, 3.05) is 0 Å². The van der Waals surface area contributed by atoms with E-state index in [4.69, 9.17) is 9.79 Å². The van der Waals surface area contributed by atoms with Crippen LogP contribution in [0.15, 0.2) is 0 Å². The monoisotopic (exact) mass is 232 g/mol. The predicted octanol–water partition coefficient (Wildman–Crippen LogP) is 2.35. The molecule has 0 rings (SSSR count). The van der Waals surface area contributed by atoms with Gasteiger partial charge in [-0.25, -0.2) is 4.31 Å². The van der Waals surface area contributed by atoms with E-state index in [-0.39, 0.29) is 0 Å². The summed E-state index contributed by atoms with van der Waals surface area (Å²) in [5.41, 5.74) is 0. The summed E-state index contributed by atoms with van der Waals surface area (Å²) >= 11 is 0. The van der Waals surface area contributed by atoms with Crippen LogP contribution >= 0.6 is 16.5 Å². The maximum atomic E-state index is 9.44. The molecular formula is C6H18O5P2. The number of rotatable bonds is 5. The van der Waals surface area contributed by atoms with Gasteiger partial charge < -0.3 is 9.79 Å². The molecule has 82 valence electrons. The molecule has 2 atom stereocenters. The zero-order chi connectivity index (χ0) is 10.7. The van der Waals surface area contributed by atoms with E-state index in [0.717, 1.165) is 0 Å². The van der Waals surface area contributed by atoms with Gasteiger partial charge in [0, 0.05) is 0 Å². The Morgan fingerprint density at radius 2 is 1.31 bits per heavy atom. The van der Waals surface area contributed by atoms with E-state index in [9.17, 15) is 9.13 Å². The first-order valence-corrected chi connectivity index (χ1v) is 6.71. The van der Waals surface area contributed by atoms with Crippen molar-refractivity contribution < 1.29 is 23.2 Å². The summed E-state index contributed by atoms with van der Waals surface area (Å²) in [6, 6.07) is 0. The summed E-state index contributed by atoms with van der Waals surface area (Å²) in [5, 5.41) is 0. The molecule has 2 unspecified atom stereocenters. The van der Waals surface area contributed by atoms with Crippen molar-refractivity contribution in [3.63, 3.8) is 0 Å². The minimum Gasteiger partial charge on any atom is -0.326 e. The quantitative estimate of drug-likeness (QED) is 0.561. The highest BCUT2D eigenvalue weighted by molar-refractivity contribution is 7.46. The molecule has 0 aliphatic carbocycles. The van der Waals surface area contributed by atoms with E-state index >= 15 is 0 Å². The molecule has 0 heterocycles. The fraction of sp³-hybridized carbons (Fsp3) is 1.00. The minimum absolute atomic E-state index is 1.36. The molecule has 0 spiro atoms. The molecular weight excluding hydrogens is 214 g/mol. The largest absolute Gasteiger partial charge is 0.326 e. The maximum absolute atomic E-state index is 9.44. The second kappa shape index (κ2) is 12.3. The average Bonchev–Trinajstić information content (AvgIpc) is 1.99. The van der Waals surface area contributed by atoms with Gasteiger partial charge >= 0.3 is 16.5 Å². The molecule has 7 heteroatoms. The van der Waals surface area contributed by atoms with Crippen LogP contribution in [0.2, 0.25) is 0 Å². The second-order valence-corrected chi connectivity index (χ2v) is 4.22. The number of unbranched alkanes of at least 4 members (excludes halogenated alkanes) is 3. The molecule has 0 aromatic heterocycles. The standard InChI is InChI=1S/C6H14.H4O5P2/c1-3-5-6-4-2;1-6(2)5-7(3)4/h3-6H2,1-2H3;6-7H,(H,1,2)(H,3,4). The van der Waals surface area contributed by atoms with Gasteiger partial charge in [0.2, 0.25) is 0 Å². The number of hydrogen-bond acceptors (Lipinski definition) is 3. The van der Waals surface area contributed by atoms with Crippen LogP contribution < -0.4 is 0 Å². The van der Waals surface area contributed by atoms with E-state index in [2.05, 4.69) is 18.2 Å². The second-order valence-electron chi connectivity index (χ2n) is 2.34. The summed E-state index contributed by atoms with van der Waals surface area (Å²) < 4.78 is 22.3. The van der Waals surface area contributed by atoms with Gasteiger partial charge in [0.25, 0.3) is 0 Å². The fourth-order valence-corrected chi connectivity index (χ4v) is 1.17. The van der Waals surface area contributed by atoms with Crippen molar-refractivity contribution in [1.82, 2.24) is 0 Å². The third-order valence-electron chi connectivity index (χ3n) is 1.13. The van der Waals surface area contributed by atoms with Crippen molar-refractivity contribution in [2.24, 2.45) is 0 Å².